The van der Waals surface area contributed by atoms with Gasteiger partial charge in [-0.05, 0) is 24.1 Å². The summed E-state index contributed by atoms with van der Waals surface area (Å²) in [5.74, 6) is -0.774. The van der Waals surface area contributed by atoms with Gasteiger partial charge < -0.3 is 9.64 Å². The Morgan fingerprint density at radius 2 is 1.93 bits per heavy atom. The average Bonchev–Trinajstić information content (AvgIpc) is 2.65. The van der Waals surface area contributed by atoms with Gasteiger partial charge in [-0.25, -0.2) is 13.2 Å². The van der Waals surface area contributed by atoms with Crippen LogP contribution in [0.3, 0.4) is 0 Å². The Balaban J connectivity index is 1.59. The molecular formula is C19H20N2O5S. The van der Waals surface area contributed by atoms with Crippen molar-refractivity contribution in [3.05, 3.63) is 59.3 Å². The first-order valence-electron chi connectivity index (χ1n) is 8.66. The molecule has 27 heavy (non-hydrogen) atoms. The second-order valence-corrected chi connectivity index (χ2v) is 8.05. The zero-order valence-corrected chi connectivity index (χ0v) is 15.7. The molecule has 142 valence electrons. The number of Topliss-reactive ketones (excluding diaryl/α,β-unsaturated/α-hetero) is 1. The number of ether oxygens (including phenoxy) is 1. The third-order valence-electron chi connectivity index (χ3n) is 4.21. The Hall–Kier alpha value is -2.74. The lowest BCUT2D eigenvalue weighted by Crippen LogP contribution is -2.37. The molecule has 0 atom stereocenters. The van der Waals surface area contributed by atoms with Crippen LogP contribution in [-0.2, 0) is 26.0 Å². The van der Waals surface area contributed by atoms with Crippen LogP contribution < -0.4 is 0 Å². The quantitative estimate of drug-likeness (QED) is 0.546. The third-order valence-corrected chi connectivity index (χ3v) is 5.37. The summed E-state index contributed by atoms with van der Waals surface area (Å²) in [6.45, 7) is 1.95. The fourth-order valence-corrected chi connectivity index (χ4v) is 3.73. The number of benzene rings is 1. The van der Waals surface area contributed by atoms with Crippen LogP contribution >= 0.6 is 0 Å². The zero-order valence-electron chi connectivity index (χ0n) is 14.9. The molecule has 2 heterocycles. The predicted molar refractivity (Wildman–Crippen MR) is 101 cm³/mol. The molecule has 0 fully saturated rings. The van der Waals surface area contributed by atoms with Crippen molar-refractivity contribution in [1.29, 1.82) is 0 Å². The van der Waals surface area contributed by atoms with Crippen LogP contribution in [0.15, 0.2) is 52.6 Å². The molecule has 3 rings (SSSR count). The summed E-state index contributed by atoms with van der Waals surface area (Å²) in [5, 5.41) is 0. The van der Waals surface area contributed by atoms with Crippen LogP contribution in [0.1, 0.15) is 29.3 Å². The topological polar surface area (TPSA) is 93.1 Å². The number of hydrogen-bond donors (Lipinski definition) is 0. The van der Waals surface area contributed by atoms with Gasteiger partial charge in [0, 0.05) is 18.3 Å². The smallest absolute Gasteiger partial charge is 0.340 e. The van der Waals surface area contributed by atoms with E-state index in [1.54, 1.807) is 17.0 Å². The molecule has 0 aromatic heterocycles. The molecule has 0 saturated heterocycles. The van der Waals surface area contributed by atoms with Crippen molar-refractivity contribution in [1.82, 2.24) is 4.90 Å². The largest absolute Gasteiger partial charge is 0.454 e. The van der Waals surface area contributed by atoms with Crippen LogP contribution in [0.5, 0.6) is 0 Å². The molecule has 0 aliphatic carbocycles. The SMILES string of the molecule is CCCc1ccc(C(=O)COC(=O)C2=CN3CCS(=O)(=O)N=C3C=C2)cc1. The molecule has 0 radical (unpaired) electrons. The van der Waals surface area contributed by atoms with Crippen LogP contribution in [-0.4, -0.2) is 49.8 Å². The molecule has 8 heteroatoms. The van der Waals surface area contributed by atoms with Gasteiger partial charge in [0.25, 0.3) is 10.0 Å². The van der Waals surface area contributed by atoms with Gasteiger partial charge >= 0.3 is 5.97 Å². The molecule has 0 saturated carbocycles. The summed E-state index contributed by atoms with van der Waals surface area (Å²) >= 11 is 0. The van der Waals surface area contributed by atoms with Crippen molar-refractivity contribution in [3.8, 4) is 0 Å². The maximum absolute atomic E-state index is 12.2. The van der Waals surface area contributed by atoms with Gasteiger partial charge in [0.05, 0.1) is 11.3 Å². The van der Waals surface area contributed by atoms with Crippen molar-refractivity contribution >= 4 is 27.6 Å². The number of nitrogens with zero attached hydrogens (tertiary/aromatic N) is 2. The Kier molecular flexibility index (Phi) is 5.55. The van der Waals surface area contributed by atoms with Crippen molar-refractivity contribution in [2.45, 2.75) is 19.8 Å². The molecular weight excluding hydrogens is 368 g/mol. The van der Waals surface area contributed by atoms with E-state index in [0.29, 0.717) is 5.56 Å². The van der Waals surface area contributed by atoms with Gasteiger partial charge in [0.15, 0.2) is 12.4 Å². The van der Waals surface area contributed by atoms with Crippen molar-refractivity contribution in [3.63, 3.8) is 0 Å². The number of hydrogen-bond acceptors (Lipinski definition) is 6. The first-order valence-corrected chi connectivity index (χ1v) is 10.3. The first kappa shape index (κ1) is 19.0. The average molecular weight is 388 g/mol. The highest BCUT2D eigenvalue weighted by Crippen LogP contribution is 2.17. The van der Waals surface area contributed by atoms with E-state index in [4.69, 9.17) is 4.74 Å². The third kappa shape index (κ3) is 4.71. The normalized spacial score (nSPS) is 17.6. The Bertz CT molecular complexity index is 943. The Morgan fingerprint density at radius 3 is 2.63 bits per heavy atom. The lowest BCUT2D eigenvalue weighted by atomic mass is 10.1. The maximum atomic E-state index is 12.2. The van der Waals surface area contributed by atoms with Gasteiger partial charge in [-0.1, -0.05) is 37.6 Å². The molecule has 0 unspecified atom stereocenters. The fourth-order valence-electron chi connectivity index (χ4n) is 2.77. The summed E-state index contributed by atoms with van der Waals surface area (Å²) in [6, 6.07) is 7.27. The summed E-state index contributed by atoms with van der Waals surface area (Å²) in [7, 11) is -3.44. The second kappa shape index (κ2) is 7.87. The number of aryl methyl sites for hydroxylation is 1. The first-order chi connectivity index (χ1) is 12.9. The molecule has 0 bridgehead atoms. The molecule has 0 amide bonds. The van der Waals surface area contributed by atoms with Gasteiger partial charge in [-0.3, -0.25) is 4.79 Å². The van der Waals surface area contributed by atoms with E-state index in [0.717, 1.165) is 18.4 Å². The fraction of sp³-hybridized carbons (Fsp3) is 0.316. The summed E-state index contributed by atoms with van der Waals surface area (Å²) in [5.41, 5.74) is 1.88. The highest BCUT2D eigenvalue weighted by atomic mass is 32.2. The molecule has 1 aromatic carbocycles. The zero-order chi connectivity index (χ0) is 19.4. The van der Waals surface area contributed by atoms with E-state index >= 15 is 0 Å². The number of esters is 1. The Labute approximate surface area is 158 Å². The minimum atomic E-state index is -3.44. The van der Waals surface area contributed by atoms with Gasteiger partial charge in [0.2, 0.25) is 0 Å². The molecule has 1 aromatic rings. The van der Waals surface area contributed by atoms with Gasteiger partial charge in [-0.15, -0.1) is 4.40 Å². The van der Waals surface area contributed by atoms with E-state index in [9.17, 15) is 18.0 Å². The summed E-state index contributed by atoms with van der Waals surface area (Å²) < 4.78 is 31.7. The number of sulfonamides is 1. The van der Waals surface area contributed by atoms with Crippen molar-refractivity contribution in [2.24, 2.45) is 4.40 Å². The highest BCUT2D eigenvalue weighted by Gasteiger charge is 2.25. The molecule has 7 nitrogen and oxygen atoms in total. The van der Waals surface area contributed by atoms with Gasteiger partial charge in [0.1, 0.15) is 5.84 Å². The van der Waals surface area contributed by atoms with E-state index in [2.05, 4.69) is 11.3 Å². The van der Waals surface area contributed by atoms with Gasteiger partial charge in [-0.2, -0.15) is 0 Å². The molecule has 0 spiro atoms. The van der Waals surface area contributed by atoms with E-state index in [1.807, 2.05) is 12.1 Å². The standard InChI is InChI=1S/C19H20N2O5S/c1-2-3-14-4-6-15(7-5-14)17(22)13-26-19(23)16-8-9-18-20-27(24,25)11-10-21(18)12-16/h4-9,12H,2-3,10-11,13H2,1H3. The molecule has 0 N–H and O–H groups in total. The van der Waals surface area contributed by atoms with Crippen LogP contribution in [0.25, 0.3) is 0 Å². The van der Waals surface area contributed by atoms with Crippen molar-refractivity contribution < 1.29 is 22.7 Å². The monoisotopic (exact) mass is 388 g/mol. The number of ketones is 1. The van der Waals surface area contributed by atoms with Crippen LogP contribution in [0.2, 0.25) is 0 Å². The predicted octanol–water partition coefficient (Wildman–Crippen LogP) is 1.86. The Morgan fingerprint density at radius 1 is 1.19 bits per heavy atom. The minimum Gasteiger partial charge on any atom is -0.454 e. The summed E-state index contributed by atoms with van der Waals surface area (Å²) in [6.07, 6.45) is 6.35. The highest BCUT2D eigenvalue weighted by molar-refractivity contribution is 7.90. The number of amidine groups is 1. The lowest BCUT2D eigenvalue weighted by molar-refractivity contribution is -0.137. The lowest BCUT2D eigenvalue weighted by Gasteiger charge is -2.26. The summed E-state index contributed by atoms with van der Waals surface area (Å²) in [4.78, 5) is 26.0. The number of carbonyl (C=O) groups is 2. The second-order valence-electron chi connectivity index (χ2n) is 6.29. The number of rotatable bonds is 6. The van der Waals surface area contributed by atoms with E-state index < -0.39 is 16.0 Å². The van der Waals surface area contributed by atoms with E-state index in [-0.39, 0.29) is 36.1 Å². The van der Waals surface area contributed by atoms with Crippen LogP contribution in [0, 0.1) is 0 Å². The van der Waals surface area contributed by atoms with Crippen LogP contribution in [0.4, 0.5) is 0 Å². The van der Waals surface area contributed by atoms with Crippen molar-refractivity contribution in [2.75, 3.05) is 18.9 Å². The maximum Gasteiger partial charge on any atom is 0.340 e. The number of fused-ring (bicyclic) bond motifs is 1. The molecule has 2 aliphatic rings. The minimum absolute atomic E-state index is 0.115. The van der Waals surface area contributed by atoms with E-state index in [1.165, 1.54) is 18.4 Å². The number of carbonyl (C=O) groups excluding carboxylic acids is 2. The molecule has 2 aliphatic heterocycles.